The molecule has 1 N–H and O–H groups in total. The Morgan fingerprint density at radius 2 is 2.14 bits per heavy atom. The molecule has 0 bridgehead atoms. The summed E-state index contributed by atoms with van der Waals surface area (Å²) in [6, 6.07) is 3.55. The number of nitrogens with zero attached hydrogens (tertiary/aromatic N) is 2. The van der Waals surface area contributed by atoms with E-state index < -0.39 is 5.97 Å². The van der Waals surface area contributed by atoms with E-state index in [1.165, 1.54) is 4.90 Å². The van der Waals surface area contributed by atoms with Gasteiger partial charge >= 0.3 is 5.97 Å². The molecule has 0 aromatic carbocycles. The fourth-order valence-corrected chi connectivity index (χ4v) is 2.34. The van der Waals surface area contributed by atoms with E-state index >= 15 is 0 Å². The number of amides is 1. The van der Waals surface area contributed by atoms with Crippen molar-refractivity contribution < 1.29 is 19.1 Å². The number of carboxylic acid groups (broad SMARTS) is 1. The van der Waals surface area contributed by atoms with Crippen molar-refractivity contribution in [1.29, 1.82) is 0 Å². The van der Waals surface area contributed by atoms with Gasteiger partial charge in [0, 0.05) is 26.0 Å². The lowest BCUT2D eigenvalue weighted by molar-refractivity contribution is -0.130. The van der Waals surface area contributed by atoms with Crippen molar-refractivity contribution in [3.05, 3.63) is 47.2 Å². The fraction of sp³-hybridized carbons (Fsp3) is 0.333. The number of likely N-dealkylation sites (N-methyl/N-ethyl adjacent to an activating group) is 1. The number of aryl methyl sites for hydroxylation is 2. The van der Waals surface area contributed by atoms with Crippen LogP contribution in [0.3, 0.4) is 0 Å². The van der Waals surface area contributed by atoms with Crippen LogP contribution in [0.2, 0.25) is 0 Å². The molecule has 0 atom stereocenters. The van der Waals surface area contributed by atoms with Crippen molar-refractivity contribution in [2.45, 2.75) is 19.9 Å². The Morgan fingerprint density at radius 1 is 1.43 bits per heavy atom. The van der Waals surface area contributed by atoms with Gasteiger partial charge in [-0.2, -0.15) is 0 Å². The van der Waals surface area contributed by atoms with Crippen molar-refractivity contribution in [2.75, 3.05) is 7.05 Å². The second kappa shape index (κ2) is 5.87. The number of aromatic nitrogens is 1. The van der Waals surface area contributed by atoms with Gasteiger partial charge in [-0.3, -0.25) is 4.79 Å². The van der Waals surface area contributed by atoms with Crippen LogP contribution >= 0.6 is 0 Å². The van der Waals surface area contributed by atoms with E-state index in [1.54, 1.807) is 50.2 Å². The Morgan fingerprint density at radius 3 is 2.71 bits per heavy atom. The molecule has 6 nitrogen and oxygen atoms in total. The zero-order chi connectivity index (χ0) is 15.6. The highest BCUT2D eigenvalue weighted by molar-refractivity contribution is 5.92. The highest BCUT2D eigenvalue weighted by Crippen LogP contribution is 2.18. The van der Waals surface area contributed by atoms with E-state index in [0.29, 0.717) is 23.6 Å². The first kappa shape index (κ1) is 14.9. The summed E-state index contributed by atoms with van der Waals surface area (Å²) in [5, 5.41) is 9.27. The van der Waals surface area contributed by atoms with Crippen LogP contribution in [0.15, 0.2) is 29.0 Å². The monoisotopic (exact) mass is 290 g/mol. The average Bonchev–Trinajstić information content (AvgIpc) is 2.98. The summed E-state index contributed by atoms with van der Waals surface area (Å²) in [4.78, 5) is 25.1. The molecule has 0 saturated heterocycles. The predicted molar refractivity (Wildman–Crippen MR) is 76.0 cm³/mol. The summed E-state index contributed by atoms with van der Waals surface area (Å²) in [7, 11) is 3.41. The molecule has 0 fully saturated rings. The van der Waals surface area contributed by atoms with Crippen molar-refractivity contribution >= 4 is 11.9 Å². The van der Waals surface area contributed by atoms with Gasteiger partial charge in [0.05, 0.1) is 24.8 Å². The van der Waals surface area contributed by atoms with Gasteiger partial charge in [-0.05, 0) is 24.6 Å². The zero-order valence-corrected chi connectivity index (χ0v) is 12.3. The summed E-state index contributed by atoms with van der Waals surface area (Å²) in [5.74, 6) is -0.480. The summed E-state index contributed by atoms with van der Waals surface area (Å²) in [6.07, 6.45) is 3.32. The number of carbonyl (C=O) groups excluding carboxylic acids is 1. The number of carboxylic acids is 1. The van der Waals surface area contributed by atoms with E-state index in [-0.39, 0.29) is 17.9 Å². The number of furan rings is 1. The summed E-state index contributed by atoms with van der Waals surface area (Å²) >= 11 is 0. The molecule has 2 heterocycles. The molecule has 2 rings (SSSR count). The Hall–Kier alpha value is -2.50. The van der Waals surface area contributed by atoms with Gasteiger partial charge in [0.1, 0.15) is 5.76 Å². The molecular formula is C15H18N2O4. The SMILES string of the molecule is Cc1cn(C)c(CC(=O)N(C)Cc2ccco2)c1C(=O)O. The molecule has 0 saturated carbocycles. The predicted octanol–water partition coefficient (Wildman–Crippen LogP) is 1.83. The van der Waals surface area contributed by atoms with Crippen LogP contribution in [-0.4, -0.2) is 33.5 Å². The minimum atomic E-state index is -1.01. The third-order valence-corrected chi connectivity index (χ3v) is 3.43. The Kier molecular flexibility index (Phi) is 4.16. The second-order valence-corrected chi connectivity index (χ2v) is 5.06. The van der Waals surface area contributed by atoms with Gasteiger partial charge in [-0.15, -0.1) is 0 Å². The maximum absolute atomic E-state index is 12.3. The normalized spacial score (nSPS) is 10.6. The molecule has 21 heavy (non-hydrogen) atoms. The summed E-state index contributed by atoms with van der Waals surface area (Å²) < 4.78 is 6.89. The van der Waals surface area contributed by atoms with Crippen molar-refractivity contribution in [3.8, 4) is 0 Å². The molecule has 0 unspecified atom stereocenters. The summed E-state index contributed by atoms with van der Waals surface area (Å²) in [5.41, 5.74) is 1.37. The van der Waals surface area contributed by atoms with Crippen LogP contribution in [0.25, 0.3) is 0 Å². The third-order valence-electron chi connectivity index (χ3n) is 3.43. The standard InChI is InChI=1S/C15H18N2O4/c1-10-8-16(2)12(14(10)15(19)20)7-13(18)17(3)9-11-5-4-6-21-11/h4-6,8H,7,9H2,1-3H3,(H,19,20). The molecule has 0 aliphatic heterocycles. The average molecular weight is 290 g/mol. The van der Waals surface area contributed by atoms with Gasteiger partial charge < -0.3 is 19.0 Å². The van der Waals surface area contributed by atoms with E-state index in [1.807, 2.05) is 0 Å². The van der Waals surface area contributed by atoms with E-state index in [2.05, 4.69) is 0 Å². The molecule has 0 spiro atoms. The quantitative estimate of drug-likeness (QED) is 0.911. The molecular weight excluding hydrogens is 272 g/mol. The van der Waals surface area contributed by atoms with E-state index in [9.17, 15) is 14.7 Å². The Labute approximate surface area is 122 Å². The first-order chi connectivity index (χ1) is 9.90. The van der Waals surface area contributed by atoms with Crippen molar-refractivity contribution in [3.63, 3.8) is 0 Å². The van der Waals surface area contributed by atoms with Crippen molar-refractivity contribution in [1.82, 2.24) is 9.47 Å². The van der Waals surface area contributed by atoms with Crippen molar-refractivity contribution in [2.24, 2.45) is 7.05 Å². The van der Waals surface area contributed by atoms with Gasteiger partial charge in [-0.25, -0.2) is 4.79 Å². The highest BCUT2D eigenvalue weighted by Gasteiger charge is 2.21. The molecule has 0 aliphatic rings. The lowest BCUT2D eigenvalue weighted by Crippen LogP contribution is -2.28. The first-order valence-corrected chi connectivity index (χ1v) is 6.54. The smallest absolute Gasteiger partial charge is 0.337 e. The largest absolute Gasteiger partial charge is 0.478 e. The molecule has 0 radical (unpaired) electrons. The van der Waals surface area contributed by atoms with E-state index in [4.69, 9.17) is 4.42 Å². The lowest BCUT2D eigenvalue weighted by atomic mass is 10.1. The minimum Gasteiger partial charge on any atom is -0.478 e. The van der Waals surface area contributed by atoms with Crippen LogP contribution in [0, 0.1) is 6.92 Å². The summed E-state index contributed by atoms with van der Waals surface area (Å²) in [6.45, 7) is 2.08. The minimum absolute atomic E-state index is 0.0448. The molecule has 2 aromatic heterocycles. The maximum Gasteiger partial charge on any atom is 0.337 e. The van der Waals surface area contributed by atoms with Gasteiger partial charge in [0.2, 0.25) is 5.91 Å². The van der Waals surface area contributed by atoms with Crippen LogP contribution < -0.4 is 0 Å². The number of carbonyl (C=O) groups is 2. The topological polar surface area (TPSA) is 75.7 Å². The van der Waals surface area contributed by atoms with Crippen LogP contribution in [0.4, 0.5) is 0 Å². The van der Waals surface area contributed by atoms with Crippen LogP contribution in [0.1, 0.15) is 27.4 Å². The van der Waals surface area contributed by atoms with Gasteiger partial charge in [0.25, 0.3) is 0 Å². The zero-order valence-electron chi connectivity index (χ0n) is 12.3. The molecule has 6 heteroatoms. The van der Waals surface area contributed by atoms with Gasteiger partial charge in [0.15, 0.2) is 0 Å². The first-order valence-electron chi connectivity index (χ1n) is 6.54. The second-order valence-electron chi connectivity index (χ2n) is 5.06. The number of hydrogen-bond acceptors (Lipinski definition) is 3. The fourth-order valence-electron chi connectivity index (χ4n) is 2.34. The number of aromatic carboxylic acids is 1. The third kappa shape index (κ3) is 3.16. The Balaban J connectivity index is 2.14. The number of hydrogen-bond donors (Lipinski definition) is 1. The highest BCUT2D eigenvalue weighted by atomic mass is 16.4. The van der Waals surface area contributed by atoms with E-state index in [0.717, 1.165) is 0 Å². The number of rotatable bonds is 5. The maximum atomic E-state index is 12.3. The molecule has 0 aliphatic carbocycles. The molecule has 1 amide bonds. The molecule has 2 aromatic rings. The molecule has 112 valence electrons. The van der Waals surface area contributed by atoms with Gasteiger partial charge in [-0.1, -0.05) is 0 Å². The van der Waals surface area contributed by atoms with Crippen LogP contribution in [-0.2, 0) is 24.8 Å². The van der Waals surface area contributed by atoms with Crippen LogP contribution in [0.5, 0.6) is 0 Å². The lowest BCUT2D eigenvalue weighted by Gasteiger charge is -2.16. The Bertz CT molecular complexity index is 656.